The molecular weight excluding hydrogens is 464 g/mol. The van der Waals surface area contributed by atoms with E-state index in [1.54, 1.807) is 0 Å². The van der Waals surface area contributed by atoms with E-state index in [0.29, 0.717) is 5.92 Å². The Morgan fingerprint density at radius 2 is 1.66 bits per heavy atom. The zero-order chi connectivity index (χ0) is 26.3. The first-order chi connectivity index (χ1) is 18.5. The van der Waals surface area contributed by atoms with Gasteiger partial charge in [-0.3, -0.25) is 4.98 Å². The van der Waals surface area contributed by atoms with Crippen LogP contribution in [0.25, 0.3) is 22.2 Å². The molecule has 0 spiro atoms. The first-order valence-electron chi connectivity index (χ1n) is 13.7. The minimum atomic E-state index is 0.551. The molecular formula is C34H38N4. The molecule has 0 bridgehead atoms. The highest BCUT2D eigenvalue weighted by atomic mass is 14.9. The molecule has 3 aromatic carbocycles. The molecule has 2 heterocycles. The number of hydrogen-bond acceptors (Lipinski definition) is 3. The van der Waals surface area contributed by atoms with Crippen molar-refractivity contribution >= 4 is 16.6 Å². The van der Waals surface area contributed by atoms with Gasteiger partial charge in [-0.25, -0.2) is 0 Å². The second kappa shape index (κ2) is 12.1. The number of hydrogen-bond donors (Lipinski definition) is 3. The van der Waals surface area contributed by atoms with Crippen molar-refractivity contribution in [1.29, 1.82) is 0 Å². The molecule has 4 nitrogen and oxygen atoms in total. The van der Waals surface area contributed by atoms with Crippen LogP contribution in [0.15, 0.2) is 91.3 Å². The number of anilines is 1. The molecule has 38 heavy (non-hydrogen) atoms. The molecule has 0 saturated carbocycles. The van der Waals surface area contributed by atoms with E-state index in [2.05, 4.69) is 95.9 Å². The number of aryl methyl sites for hydroxylation is 3. The Morgan fingerprint density at radius 3 is 2.42 bits per heavy atom. The lowest BCUT2D eigenvalue weighted by Gasteiger charge is -2.18. The highest BCUT2D eigenvalue weighted by Gasteiger charge is 2.15. The number of rotatable bonds is 11. The summed E-state index contributed by atoms with van der Waals surface area (Å²) >= 11 is 0. The van der Waals surface area contributed by atoms with Crippen molar-refractivity contribution in [2.24, 2.45) is 5.92 Å². The van der Waals surface area contributed by atoms with Gasteiger partial charge in [-0.2, -0.15) is 0 Å². The van der Waals surface area contributed by atoms with E-state index < -0.39 is 0 Å². The number of nitrogen functional groups attached to an aromatic ring is 1. The van der Waals surface area contributed by atoms with Crippen molar-refractivity contribution in [3.8, 4) is 11.3 Å². The third-order valence-electron chi connectivity index (χ3n) is 7.36. The summed E-state index contributed by atoms with van der Waals surface area (Å²) in [6, 6.07) is 28.0. The number of H-pyrrole nitrogens is 1. The van der Waals surface area contributed by atoms with Crippen molar-refractivity contribution in [2.75, 3.05) is 18.8 Å². The van der Waals surface area contributed by atoms with Gasteiger partial charge in [-0.05, 0) is 117 Å². The normalized spacial score (nSPS) is 12.2. The molecule has 0 aliphatic rings. The number of fused-ring (bicyclic) bond motifs is 1. The lowest BCUT2D eigenvalue weighted by molar-refractivity contribution is 0.445. The van der Waals surface area contributed by atoms with E-state index in [0.717, 1.165) is 50.0 Å². The number of aromatic nitrogens is 2. The summed E-state index contributed by atoms with van der Waals surface area (Å²) in [7, 11) is 0. The van der Waals surface area contributed by atoms with Crippen molar-refractivity contribution < 1.29 is 0 Å². The van der Waals surface area contributed by atoms with Crippen LogP contribution in [0.5, 0.6) is 0 Å². The van der Waals surface area contributed by atoms with Crippen molar-refractivity contribution in [3.63, 3.8) is 0 Å². The first kappa shape index (κ1) is 25.7. The van der Waals surface area contributed by atoms with Gasteiger partial charge in [0.15, 0.2) is 0 Å². The van der Waals surface area contributed by atoms with E-state index >= 15 is 0 Å². The molecule has 2 aromatic heterocycles. The zero-order valence-electron chi connectivity index (χ0n) is 22.5. The minimum absolute atomic E-state index is 0.551. The lowest BCUT2D eigenvalue weighted by Crippen LogP contribution is -2.27. The average molecular weight is 503 g/mol. The van der Waals surface area contributed by atoms with E-state index in [4.69, 9.17) is 5.73 Å². The fraction of sp³-hybridized carbons (Fsp3) is 0.265. The Morgan fingerprint density at radius 1 is 0.868 bits per heavy atom. The van der Waals surface area contributed by atoms with Gasteiger partial charge >= 0.3 is 0 Å². The third-order valence-corrected chi connectivity index (χ3v) is 7.36. The molecule has 194 valence electrons. The summed E-state index contributed by atoms with van der Waals surface area (Å²) in [5.41, 5.74) is 17.2. The largest absolute Gasteiger partial charge is 0.399 e. The number of pyridine rings is 1. The Labute approximate surface area is 226 Å². The van der Waals surface area contributed by atoms with Crippen LogP contribution in [-0.2, 0) is 19.3 Å². The van der Waals surface area contributed by atoms with Crippen LogP contribution in [0.1, 0.15) is 34.2 Å². The average Bonchev–Trinajstić information content (AvgIpc) is 3.28. The summed E-state index contributed by atoms with van der Waals surface area (Å²) in [6.45, 7) is 6.23. The molecule has 0 aliphatic carbocycles. The second-order valence-corrected chi connectivity index (χ2v) is 10.6. The molecule has 0 fully saturated rings. The second-order valence-electron chi connectivity index (χ2n) is 10.6. The molecule has 5 rings (SSSR count). The summed E-state index contributed by atoms with van der Waals surface area (Å²) in [5, 5.41) is 5.02. The van der Waals surface area contributed by atoms with Crippen molar-refractivity contribution in [3.05, 3.63) is 119 Å². The quantitative estimate of drug-likeness (QED) is 0.134. The van der Waals surface area contributed by atoms with Crippen LogP contribution >= 0.6 is 0 Å². The molecule has 0 aliphatic heterocycles. The fourth-order valence-corrected chi connectivity index (χ4v) is 5.55. The Hall–Kier alpha value is -3.89. The van der Waals surface area contributed by atoms with Crippen LogP contribution < -0.4 is 11.1 Å². The summed E-state index contributed by atoms with van der Waals surface area (Å²) < 4.78 is 0. The summed E-state index contributed by atoms with van der Waals surface area (Å²) in [5.74, 6) is 0.551. The Balaban J connectivity index is 1.30. The van der Waals surface area contributed by atoms with Gasteiger partial charge in [0.25, 0.3) is 0 Å². The highest BCUT2D eigenvalue weighted by molar-refractivity contribution is 5.92. The van der Waals surface area contributed by atoms with Crippen LogP contribution in [0.2, 0.25) is 0 Å². The number of nitrogens with zero attached hydrogens (tertiary/aromatic N) is 1. The molecule has 5 aromatic rings. The van der Waals surface area contributed by atoms with E-state index in [9.17, 15) is 0 Å². The van der Waals surface area contributed by atoms with Gasteiger partial charge in [0.05, 0.1) is 0 Å². The number of nitrogens with one attached hydrogen (secondary N) is 2. The summed E-state index contributed by atoms with van der Waals surface area (Å²) in [6.07, 6.45) is 8.02. The van der Waals surface area contributed by atoms with Crippen LogP contribution in [-0.4, -0.2) is 23.1 Å². The molecule has 1 unspecified atom stereocenters. The standard InChI is InChI=1S/C34H38N4/c1-24-17-25(2)19-29(18-24)34-31(32-21-30(35)12-13-33(32)38-34)14-16-37-23-28(20-26-7-4-3-5-8-26)11-10-27-9-6-15-36-22-27/h3-9,12-13,15,17-19,21-22,28,37-38H,10-11,14,16,20,23,35H2,1-2H3. The maximum Gasteiger partial charge on any atom is 0.0498 e. The maximum absolute atomic E-state index is 6.20. The van der Waals surface area contributed by atoms with Crippen molar-refractivity contribution in [2.45, 2.75) is 39.5 Å². The van der Waals surface area contributed by atoms with Gasteiger partial charge in [-0.1, -0.05) is 53.6 Å². The molecule has 0 radical (unpaired) electrons. The molecule has 1 atom stereocenters. The molecule has 4 N–H and O–H groups in total. The van der Waals surface area contributed by atoms with Gasteiger partial charge < -0.3 is 16.0 Å². The third kappa shape index (κ3) is 6.51. The fourth-order valence-electron chi connectivity index (χ4n) is 5.55. The van der Waals surface area contributed by atoms with Crippen LogP contribution in [0.3, 0.4) is 0 Å². The monoisotopic (exact) mass is 502 g/mol. The van der Waals surface area contributed by atoms with E-state index in [-0.39, 0.29) is 0 Å². The number of aromatic amines is 1. The minimum Gasteiger partial charge on any atom is -0.399 e. The van der Waals surface area contributed by atoms with Crippen LogP contribution in [0, 0.1) is 19.8 Å². The van der Waals surface area contributed by atoms with Crippen LogP contribution in [0.4, 0.5) is 5.69 Å². The molecule has 0 saturated heterocycles. The summed E-state index contributed by atoms with van der Waals surface area (Å²) in [4.78, 5) is 7.99. The first-order valence-corrected chi connectivity index (χ1v) is 13.7. The predicted molar refractivity (Wildman–Crippen MR) is 160 cm³/mol. The number of benzene rings is 3. The molecule has 4 heteroatoms. The molecule has 0 amide bonds. The Kier molecular flexibility index (Phi) is 8.20. The van der Waals surface area contributed by atoms with Gasteiger partial charge in [-0.15, -0.1) is 0 Å². The number of nitrogens with two attached hydrogens (primary N) is 1. The van der Waals surface area contributed by atoms with E-state index in [1.165, 1.54) is 44.5 Å². The van der Waals surface area contributed by atoms with E-state index in [1.807, 2.05) is 24.5 Å². The Bertz CT molecular complexity index is 1450. The lowest BCUT2D eigenvalue weighted by atomic mass is 9.93. The zero-order valence-corrected chi connectivity index (χ0v) is 22.5. The van der Waals surface area contributed by atoms with Crippen molar-refractivity contribution in [1.82, 2.24) is 15.3 Å². The predicted octanol–water partition coefficient (Wildman–Crippen LogP) is 7.05. The highest BCUT2D eigenvalue weighted by Crippen LogP contribution is 2.33. The van der Waals surface area contributed by atoms with Gasteiger partial charge in [0, 0.05) is 34.7 Å². The SMILES string of the molecule is Cc1cc(C)cc(-c2[nH]c3ccc(N)cc3c2CCNCC(CCc2cccnc2)Cc2ccccc2)c1. The smallest absolute Gasteiger partial charge is 0.0498 e. The van der Waals surface area contributed by atoms with Gasteiger partial charge in [0.1, 0.15) is 0 Å². The van der Waals surface area contributed by atoms with Gasteiger partial charge in [0.2, 0.25) is 0 Å². The topological polar surface area (TPSA) is 66.7 Å². The maximum atomic E-state index is 6.20.